The second kappa shape index (κ2) is 7.06. The molecule has 0 saturated heterocycles. The van der Waals surface area contributed by atoms with Crippen LogP contribution >= 0.6 is 0 Å². The van der Waals surface area contributed by atoms with Gasteiger partial charge in [-0.25, -0.2) is 4.68 Å². The first-order valence-corrected chi connectivity index (χ1v) is 8.56. The molecule has 0 N–H and O–H groups in total. The summed E-state index contributed by atoms with van der Waals surface area (Å²) < 4.78 is 12.3. The van der Waals surface area contributed by atoms with Crippen molar-refractivity contribution in [2.24, 2.45) is 0 Å². The lowest BCUT2D eigenvalue weighted by atomic mass is 9.98. The van der Waals surface area contributed by atoms with E-state index in [0.717, 1.165) is 17.7 Å². The Morgan fingerprint density at radius 3 is 2.37 bits per heavy atom. The van der Waals surface area contributed by atoms with Crippen LogP contribution in [0.5, 0.6) is 11.5 Å². The minimum Gasteiger partial charge on any atom is -0.493 e. The summed E-state index contributed by atoms with van der Waals surface area (Å²) in [6, 6.07) is 11.2. The van der Waals surface area contributed by atoms with Crippen LogP contribution in [-0.4, -0.2) is 51.8 Å². The predicted octanol–water partition coefficient (Wildman–Crippen LogP) is 1.88. The number of tetrazole rings is 1. The second-order valence-corrected chi connectivity index (χ2v) is 6.25. The molecule has 1 aliphatic heterocycles. The highest BCUT2D eigenvalue weighted by molar-refractivity contribution is 5.94. The number of amides is 1. The molecule has 0 spiro atoms. The summed E-state index contributed by atoms with van der Waals surface area (Å²) in [4.78, 5) is 14.8. The van der Waals surface area contributed by atoms with E-state index < -0.39 is 0 Å². The lowest BCUT2D eigenvalue weighted by Crippen LogP contribution is -2.36. The predicted molar refractivity (Wildman–Crippen MR) is 97.1 cm³/mol. The number of fused-ring (bicyclic) bond motifs is 1. The van der Waals surface area contributed by atoms with E-state index in [1.54, 1.807) is 31.0 Å². The Bertz CT molecular complexity index is 954. The monoisotopic (exact) mass is 365 g/mol. The molecule has 8 nitrogen and oxygen atoms in total. The molecule has 0 aliphatic carbocycles. The maximum Gasteiger partial charge on any atom is 0.254 e. The molecular formula is C19H19N5O3. The van der Waals surface area contributed by atoms with Crippen LogP contribution in [0, 0.1) is 0 Å². The number of carbonyl (C=O) groups excluding carboxylic acids is 1. The lowest BCUT2D eigenvalue weighted by molar-refractivity contribution is 0.0734. The lowest BCUT2D eigenvalue weighted by Gasteiger charge is -2.29. The number of benzene rings is 2. The molecule has 0 unspecified atom stereocenters. The van der Waals surface area contributed by atoms with E-state index >= 15 is 0 Å². The van der Waals surface area contributed by atoms with Gasteiger partial charge < -0.3 is 14.4 Å². The van der Waals surface area contributed by atoms with Gasteiger partial charge in [0.05, 0.1) is 19.9 Å². The van der Waals surface area contributed by atoms with Crippen molar-refractivity contribution in [1.82, 2.24) is 25.1 Å². The standard InChI is InChI=1S/C19H19N5O3/c1-26-17-9-14-7-8-23(11-15(14)10-18(17)27-2)19(25)13-3-5-16(6-4-13)24-12-20-21-22-24/h3-6,9-10,12H,7-8,11H2,1-2H3. The van der Waals surface area contributed by atoms with Crippen LogP contribution in [0.1, 0.15) is 21.5 Å². The van der Waals surface area contributed by atoms with Gasteiger partial charge in [0.1, 0.15) is 6.33 Å². The number of hydrogen-bond donors (Lipinski definition) is 0. The molecule has 2 aromatic carbocycles. The first kappa shape index (κ1) is 17.0. The molecule has 0 saturated carbocycles. The zero-order chi connectivity index (χ0) is 18.8. The molecule has 0 radical (unpaired) electrons. The van der Waals surface area contributed by atoms with Gasteiger partial charge in [-0.3, -0.25) is 4.79 Å². The van der Waals surface area contributed by atoms with E-state index in [2.05, 4.69) is 15.5 Å². The largest absolute Gasteiger partial charge is 0.493 e. The molecule has 27 heavy (non-hydrogen) atoms. The highest BCUT2D eigenvalue weighted by atomic mass is 16.5. The van der Waals surface area contributed by atoms with Crippen LogP contribution in [0.25, 0.3) is 5.69 Å². The maximum absolute atomic E-state index is 12.9. The summed E-state index contributed by atoms with van der Waals surface area (Å²) in [5, 5.41) is 11.1. The first-order valence-electron chi connectivity index (χ1n) is 8.56. The Hall–Kier alpha value is -3.42. The van der Waals surface area contributed by atoms with Crippen molar-refractivity contribution in [2.45, 2.75) is 13.0 Å². The van der Waals surface area contributed by atoms with Crippen molar-refractivity contribution in [3.05, 3.63) is 59.4 Å². The number of hydrogen-bond acceptors (Lipinski definition) is 6. The van der Waals surface area contributed by atoms with Gasteiger partial charge >= 0.3 is 0 Å². The molecule has 4 rings (SSSR count). The Kier molecular flexibility index (Phi) is 4.45. The van der Waals surface area contributed by atoms with Crippen molar-refractivity contribution >= 4 is 5.91 Å². The molecule has 0 fully saturated rings. The quantitative estimate of drug-likeness (QED) is 0.702. The van der Waals surface area contributed by atoms with Gasteiger partial charge in [-0.05, 0) is 64.4 Å². The van der Waals surface area contributed by atoms with Gasteiger partial charge in [-0.2, -0.15) is 0 Å². The summed E-state index contributed by atoms with van der Waals surface area (Å²) in [5.74, 6) is 1.39. The van der Waals surface area contributed by atoms with Gasteiger partial charge in [-0.1, -0.05) is 0 Å². The third kappa shape index (κ3) is 3.21. The summed E-state index contributed by atoms with van der Waals surface area (Å²) >= 11 is 0. The third-order valence-corrected chi connectivity index (χ3v) is 4.73. The van der Waals surface area contributed by atoms with E-state index in [4.69, 9.17) is 9.47 Å². The van der Waals surface area contributed by atoms with Crippen molar-refractivity contribution in [3.63, 3.8) is 0 Å². The number of rotatable bonds is 4. The Balaban J connectivity index is 1.54. The smallest absolute Gasteiger partial charge is 0.254 e. The van der Waals surface area contributed by atoms with Crippen LogP contribution in [0.4, 0.5) is 0 Å². The Labute approximate surface area is 156 Å². The average molecular weight is 365 g/mol. The molecule has 0 atom stereocenters. The normalized spacial score (nSPS) is 13.2. The van der Waals surface area contributed by atoms with E-state index in [9.17, 15) is 4.79 Å². The molecule has 8 heteroatoms. The molecule has 1 aliphatic rings. The van der Waals surface area contributed by atoms with Crippen LogP contribution < -0.4 is 9.47 Å². The van der Waals surface area contributed by atoms with Crippen molar-refractivity contribution in [3.8, 4) is 17.2 Å². The highest BCUT2D eigenvalue weighted by Crippen LogP contribution is 2.33. The van der Waals surface area contributed by atoms with Crippen LogP contribution in [0.15, 0.2) is 42.7 Å². The van der Waals surface area contributed by atoms with E-state index in [-0.39, 0.29) is 5.91 Å². The number of ether oxygens (including phenoxy) is 2. The van der Waals surface area contributed by atoms with Crippen LogP contribution in [-0.2, 0) is 13.0 Å². The molecule has 1 amide bonds. The molecule has 0 bridgehead atoms. The average Bonchev–Trinajstić information content (AvgIpc) is 3.26. The molecule has 3 aromatic rings. The number of nitrogens with zero attached hydrogens (tertiary/aromatic N) is 5. The topological polar surface area (TPSA) is 82.4 Å². The van der Waals surface area contributed by atoms with Crippen LogP contribution in [0.2, 0.25) is 0 Å². The van der Waals surface area contributed by atoms with Crippen molar-refractivity contribution in [1.29, 1.82) is 0 Å². The number of aromatic nitrogens is 4. The van der Waals surface area contributed by atoms with Gasteiger partial charge in [0.2, 0.25) is 0 Å². The fourth-order valence-corrected chi connectivity index (χ4v) is 3.28. The molecular weight excluding hydrogens is 346 g/mol. The summed E-state index contributed by atoms with van der Waals surface area (Å²) in [6.45, 7) is 1.21. The summed E-state index contributed by atoms with van der Waals surface area (Å²) in [5.41, 5.74) is 3.71. The molecule has 138 valence electrons. The van der Waals surface area contributed by atoms with E-state index in [0.29, 0.717) is 30.2 Å². The zero-order valence-corrected chi connectivity index (χ0v) is 15.1. The number of carbonyl (C=O) groups is 1. The van der Waals surface area contributed by atoms with Gasteiger partial charge in [-0.15, -0.1) is 5.10 Å². The minimum atomic E-state index is -0.00120. The fraction of sp³-hybridized carbons (Fsp3) is 0.263. The minimum absolute atomic E-state index is 0.00120. The van der Waals surface area contributed by atoms with Crippen molar-refractivity contribution < 1.29 is 14.3 Å². The molecule has 1 aromatic heterocycles. The second-order valence-electron chi connectivity index (χ2n) is 6.25. The Morgan fingerprint density at radius 1 is 1.04 bits per heavy atom. The summed E-state index contributed by atoms with van der Waals surface area (Å²) in [6.07, 6.45) is 2.30. The van der Waals surface area contributed by atoms with Gasteiger partial charge in [0, 0.05) is 18.7 Å². The Morgan fingerprint density at radius 2 is 1.74 bits per heavy atom. The van der Waals surface area contributed by atoms with Gasteiger partial charge in [0.15, 0.2) is 11.5 Å². The third-order valence-electron chi connectivity index (χ3n) is 4.73. The maximum atomic E-state index is 12.9. The van der Waals surface area contributed by atoms with Gasteiger partial charge in [0.25, 0.3) is 5.91 Å². The fourth-order valence-electron chi connectivity index (χ4n) is 3.28. The van der Waals surface area contributed by atoms with Crippen LogP contribution in [0.3, 0.4) is 0 Å². The van der Waals surface area contributed by atoms with E-state index in [1.165, 1.54) is 11.9 Å². The van der Waals surface area contributed by atoms with Crippen molar-refractivity contribution in [2.75, 3.05) is 20.8 Å². The first-order chi connectivity index (χ1) is 13.2. The molecule has 2 heterocycles. The SMILES string of the molecule is COc1cc2c(cc1OC)CN(C(=O)c1ccc(-n3cnnn3)cc1)CC2. The van der Waals surface area contributed by atoms with E-state index in [1.807, 2.05) is 29.2 Å². The number of methoxy groups -OCH3 is 2. The zero-order valence-electron chi connectivity index (χ0n) is 15.1. The highest BCUT2D eigenvalue weighted by Gasteiger charge is 2.23. The summed E-state index contributed by atoms with van der Waals surface area (Å²) in [7, 11) is 3.24.